The van der Waals surface area contributed by atoms with Crippen LogP contribution in [0.1, 0.15) is 12.0 Å². The monoisotopic (exact) mass is 342 g/mol. The summed E-state index contributed by atoms with van der Waals surface area (Å²) >= 11 is 0. The number of carbonyl (C=O) groups is 2. The summed E-state index contributed by atoms with van der Waals surface area (Å²) in [4.78, 5) is 24.4. The van der Waals surface area contributed by atoms with Crippen molar-refractivity contribution in [3.05, 3.63) is 29.8 Å². The third-order valence-electron chi connectivity index (χ3n) is 4.17. The summed E-state index contributed by atoms with van der Waals surface area (Å²) in [5, 5.41) is 2.68. The molecule has 2 amide bonds. The highest BCUT2D eigenvalue weighted by Gasteiger charge is 2.40. The molecule has 1 saturated heterocycles. The minimum atomic E-state index is -4.45. The maximum absolute atomic E-state index is 12.4. The third-order valence-corrected chi connectivity index (χ3v) is 4.17. The van der Waals surface area contributed by atoms with Crippen LogP contribution >= 0.6 is 0 Å². The van der Waals surface area contributed by atoms with E-state index in [1.807, 2.05) is 24.3 Å². The van der Waals surface area contributed by atoms with E-state index >= 15 is 0 Å². The summed E-state index contributed by atoms with van der Waals surface area (Å²) < 4.78 is 42.8. The molecule has 24 heavy (non-hydrogen) atoms. The second-order valence-corrected chi connectivity index (χ2v) is 6.09. The molecule has 0 aromatic heterocycles. The number of nitrogens with one attached hydrogen (secondary N) is 1. The van der Waals surface area contributed by atoms with Gasteiger partial charge in [0.1, 0.15) is 18.4 Å². The first-order chi connectivity index (χ1) is 11.3. The van der Waals surface area contributed by atoms with Crippen molar-refractivity contribution in [3.8, 4) is 5.75 Å². The Morgan fingerprint density at radius 3 is 2.75 bits per heavy atom. The first-order valence-electron chi connectivity index (χ1n) is 7.68. The molecule has 0 aliphatic carbocycles. The third kappa shape index (κ3) is 3.80. The molecule has 130 valence electrons. The van der Waals surface area contributed by atoms with Crippen molar-refractivity contribution >= 4 is 11.8 Å². The molecule has 2 atom stereocenters. The Morgan fingerprint density at radius 1 is 1.29 bits per heavy atom. The van der Waals surface area contributed by atoms with Gasteiger partial charge >= 0.3 is 6.18 Å². The summed E-state index contributed by atoms with van der Waals surface area (Å²) in [7, 11) is 0. The molecule has 0 unspecified atom stereocenters. The lowest BCUT2D eigenvalue weighted by molar-refractivity contribution is -0.157. The van der Waals surface area contributed by atoms with E-state index in [-0.39, 0.29) is 25.6 Å². The maximum atomic E-state index is 12.4. The molecule has 1 aromatic carbocycles. The maximum Gasteiger partial charge on any atom is 0.406 e. The normalized spacial score (nSPS) is 23.1. The molecule has 2 heterocycles. The molecule has 1 fully saturated rings. The van der Waals surface area contributed by atoms with E-state index < -0.39 is 30.5 Å². The lowest BCUT2D eigenvalue weighted by atomic mass is 10.1. The molecule has 1 aromatic rings. The Hall–Kier alpha value is -2.25. The molecule has 8 heteroatoms. The number of para-hydroxylation sites is 1. The van der Waals surface area contributed by atoms with E-state index in [4.69, 9.17) is 4.74 Å². The van der Waals surface area contributed by atoms with Crippen LogP contribution in [0.3, 0.4) is 0 Å². The number of hydrogen-bond donors (Lipinski definition) is 1. The number of alkyl halides is 3. The number of ether oxygens (including phenoxy) is 1. The molecule has 0 radical (unpaired) electrons. The number of carbonyl (C=O) groups excluding carboxylic acids is 2. The Balaban J connectivity index is 1.47. The summed E-state index contributed by atoms with van der Waals surface area (Å²) in [6, 6.07) is 7.56. The van der Waals surface area contributed by atoms with Crippen molar-refractivity contribution in [1.29, 1.82) is 0 Å². The predicted molar refractivity (Wildman–Crippen MR) is 78.3 cm³/mol. The van der Waals surface area contributed by atoms with Gasteiger partial charge in [0.25, 0.3) is 0 Å². The van der Waals surface area contributed by atoms with Crippen molar-refractivity contribution in [2.24, 2.45) is 5.92 Å². The van der Waals surface area contributed by atoms with Crippen molar-refractivity contribution in [1.82, 2.24) is 10.2 Å². The lowest BCUT2D eigenvalue weighted by Crippen LogP contribution is -2.40. The fraction of sp³-hybridized carbons (Fsp3) is 0.500. The zero-order chi connectivity index (χ0) is 17.3. The van der Waals surface area contributed by atoms with Crippen LogP contribution in [0, 0.1) is 5.92 Å². The molecule has 5 nitrogen and oxygen atoms in total. The van der Waals surface area contributed by atoms with E-state index in [2.05, 4.69) is 5.32 Å². The minimum Gasteiger partial charge on any atom is -0.488 e. The molecular formula is C16H17F3N2O3. The Kier molecular flexibility index (Phi) is 4.38. The fourth-order valence-electron chi connectivity index (χ4n) is 3.04. The van der Waals surface area contributed by atoms with Gasteiger partial charge in [0.15, 0.2) is 0 Å². The van der Waals surface area contributed by atoms with Crippen LogP contribution in [0.15, 0.2) is 24.3 Å². The molecule has 2 aliphatic rings. The molecule has 0 spiro atoms. The Labute approximate surface area is 136 Å². The summed E-state index contributed by atoms with van der Waals surface area (Å²) in [5.41, 5.74) is 1.06. The lowest BCUT2D eigenvalue weighted by Gasteiger charge is -2.18. The first-order valence-corrected chi connectivity index (χ1v) is 7.68. The van der Waals surface area contributed by atoms with Crippen LogP contribution in [0.5, 0.6) is 5.75 Å². The molecular weight excluding hydrogens is 325 g/mol. The average Bonchev–Trinajstić information content (AvgIpc) is 3.07. The van der Waals surface area contributed by atoms with Crippen LogP contribution in [0.25, 0.3) is 0 Å². The Bertz CT molecular complexity index is 623. The SMILES string of the molecule is O=C(NC[C@H]1Cc2ccccc2O1)[C@H]1CC(=O)N(CC(F)(F)F)C1. The van der Waals surface area contributed by atoms with Gasteiger partial charge in [-0.2, -0.15) is 13.2 Å². The van der Waals surface area contributed by atoms with Gasteiger partial charge in [0.2, 0.25) is 11.8 Å². The van der Waals surface area contributed by atoms with Gasteiger partial charge in [-0.1, -0.05) is 18.2 Å². The molecule has 0 bridgehead atoms. The highest BCUT2D eigenvalue weighted by Crippen LogP contribution is 2.28. The van der Waals surface area contributed by atoms with E-state index in [1.54, 1.807) is 0 Å². The van der Waals surface area contributed by atoms with Gasteiger partial charge in [-0.25, -0.2) is 0 Å². The molecule has 2 aliphatic heterocycles. The van der Waals surface area contributed by atoms with Crippen LogP contribution < -0.4 is 10.1 Å². The van der Waals surface area contributed by atoms with Crippen molar-refractivity contribution in [3.63, 3.8) is 0 Å². The zero-order valence-electron chi connectivity index (χ0n) is 12.8. The molecule has 1 N–H and O–H groups in total. The van der Waals surface area contributed by atoms with Gasteiger partial charge < -0.3 is 15.0 Å². The number of rotatable bonds is 4. The van der Waals surface area contributed by atoms with E-state index in [0.717, 1.165) is 11.3 Å². The van der Waals surface area contributed by atoms with E-state index in [9.17, 15) is 22.8 Å². The number of halogens is 3. The quantitative estimate of drug-likeness (QED) is 0.903. The van der Waals surface area contributed by atoms with Gasteiger partial charge in [0.05, 0.1) is 12.5 Å². The average molecular weight is 342 g/mol. The number of likely N-dealkylation sites (tertiary alicyclic amines) is 1. The van der Waals surface area contributed by atoms with Gasteiger partial charge in [-0.05, 0) is 11.6 Å². The Morgan fingerprint density at radius 2 is 2.04 bits per heavy atom. The standard InChI is InChI=1S/C16H17F3N2O3/c17-16(18,19)9-21-8-11(6-14(21)22)15(23)20-7-12-5-10-3-1-2-4-13(10)24-12/h1-4,11-12H,5-9H2,(H,20,23)/t11-,12+/m0/s1. The first kappa shape index (κ1) is 16.6. The van der Waals surface area contributed by atoms with Crippen LogP contribution in [0.2, 0.25) is 0 Å². The van der Waals surface area contributed by atoms with Gasteiger partial charge in [-0.3, -0.25) is 9.59 Å². The summed E-state index contributed by atoms with van der Waals surface area (Å²) in [6.07, 6.45) is -4.17. The molecule has 0 saturated carbocycles. The number of amides is 2. The number of benzene rings is 1. The topological polar surface area (TPSA) is 58.6 Å². The summed E-state index contributed by atoms with van der Waals surface area (Å²) in [6.45, 7) is -1.25. The number of hydrogen-bond acceptors (Lipinski definition) is 3. The van der Waals surface area contributed by atoms with Crippen LogP contribution in [0.4, 0.5) is 13.2 Å². The predicted octanol–water partition coefficient (Wildman–Crippen LogP) is 1.52. The highest BCUT2D eigenvalue weighted by molar-refractivity contribution is 5.89. The fourth-order valence-corrected chi connectivity index (χ4v) is 3.04. The van der Waals surface area contributed by atoms with Gasteiger partial charge in [-0.15, -0.1) is 0 Å². The molecule has 3 rings (SSSR count). The zero-order valence-corrected chi connectivity index (χ0v) is 12.8. The minimum absolute atomic E-state index is 0.187. The summed E-state index contributed by atoms with van der Waals surface area (Å²) in [5.74, 6) is -1.02. The second-order valence-electron chi connectivity index (χ2n) is 6.09. The van der Waals surface area contributed by atoms with Crippen LogP contribution in [-0.2, 0) is 16.0 Å². The van der Waals surface area contributed by atoms with Crippen molar-refractivity contribution < 1.29 is 27.5 Å². The van der Waals surface area contributed by atoms with Crippen LogP contribution in [-0.4, -0.2) is 48.6 Å². The smallest absolute Gasteiger partial charge is 0.406 e. The van der Waals surface area contributed by atoms with Crippen molar-refractivity contribution in [2.45, 2.75) is 25.1 Å². The van der Waals surface area contributed by atoms with E-state index in [1.165, 1.54) is 0 Å². The van der Waals surface area contributed by atoms with Gasteiger partial charge in [0, 0.05) is 19.4 Å². The second kappa shape index (κ2) is 6.33. The largest absolute Gasteiger partial charge is 0.488 e. The number of nitrogens with zero attached hydrogens (tertiary/aromatic N) is 1. The number of fused-ring (bicyclic) bond motifs is 1. The van der Waals surface area contributed by atoms with E-state index in [0.29, 0.717) is 11.3 Å². The van der Waals surface area contributed by atoms with Crippen molar-refractivity contribution in [2.75, 3.05) is 19.6 Å². The highest BCUT2D eigenvalue weighted by atomic mass is 19.4.